The average molecular weight is 303 g/mol. The van der Waals surface area contributed by atoms with Crippen LogP contribution in [0.2, 0.25) is 0 Å². The summed E-state index contributed by atoms with van der Waals surface area (Å²) < 4.78 is 0. The van der Waals surface area contributed by atoms with Gasteiger partial charge in [-0.25, -0.2) is 0 Å². The van der Waals surface area contributed by atoms with E-state index in [9.17, 15) is 4.79 Å². The van der Waals surface area contributed by atoms with Crippen LogP contribution in [-0.2, 0) is 11.2 Å². The van der Waals surface area contributed by atoms with Crippen molar-refractivity contribution in [2.75, 3.05) is 5.75 Å². The maximum Gasteiger partial charge on any atom is 0.250 e. The Kier molecular flexibility index (Phi) is 5.51. The minimum absolute atomic E-state index is 0.221. The van der Waals surface area contributed by atoms with Crippen molar-refractivity contribution in [2.45, 2.75) is 52.0 Å². The molecule has 2 nitrogen and oxygen atoms in total. The van der Waals surface area contributed by atoms with Gasteiger partial charge in [-0.05, 0) is 50.5 Å². The normalized spacial score (nSPS) is 20.3. The molecule has 0 bridgehead atoms. The van der Waals surface area contributed by atoms with Crippen LogP contribution in [0, 0.1) is 0 Å². The first-order chi connectivity index (χ1) is 10.1. The number of amides is 1. The van der Waals surface area contributed by atoms with Gasteiger partial charge >= 0.3 is 0 Å². The predicted molar refractivity (Wildman–Crippen MR) is 91.4 cm³/mol. The number of thioether (sulfide) groups is 1. The third-order valence-corrected chi connectivity index (χ3v) is 5.49. The number of hydrogen-bond donors (Lipinski definition) is 0. The second kappa shape index (κ2) is 7.17. The molecule has 1 aliphatic rings. The Balaban J connectivity index is 2.04. The molecule has 114 valence electrons. The van der Waals surface area contributed by atoms with E-state index in [1.807, 2.05) is 24.8 Å². The summed E-state index contributed by atoms with van der Waals surface area (Å²) in [5.74, 6) is 1.25. The van der Waals surface area contributed by atoms with Crippen molar-refractivity contribution in [1.29, 1.82) is 0 Å². The third-order valence-electron chi connectivity index (χ3n) is 4.26. The number of aryl methyl sites for hydroxylation is 1. The van der Waals surface area contributed by atoms with Gasteiger partial charge in [0.15, 0.2) is 0 Å². The largest absolute Gasteiger partial charge is 0.320 e. The monoisotopic (exact) mass is 303 g/mol. The van der Waals surface area contributed by atoms with Crippen molar-refractivity contribution in [1.82, 2.24) is 4.90 Å². The lowest BCUT2D eigenvalue weighted by atomic mass is 10.1. The molecule has 2 unspecified atom stereocenters. The van der Waals surface area contributed by atoms with Crippen LogP contribution in [0.4, 0.5) is 0 Å². The van der Waals surface area contributed by atoms with Crippen LogP contribution in [0.1, 0.15) is 39.7 Å². The predicted octanol–water partition coefficient (Wildman–Crippen LogP) is 4.27. The van der Waals surface area contributed by atoms with E-state index in [1.54, 1.807) is 0 Å². The zero-order valence-electron chi connectivity index (χ0n) is 13.4. The van der Waals surface area contributed by atoms with Crippen LogP contribution in [-0.4, -0.2) is 28.0 Å². The topological polar surface area (TPSA) is 20.3 Å². The van der Waals surface area contributed by atoms with Crippen molar-refractivity contribution in [2.24, 2.45) is 0 Å². The fourth-order valence-corrected chi connectivity index (χ4v) is 4.02. The summed E-state index contributed by atoms with van der Waals surface area (Å²) in [5, 5.41) is 0.230. The zero-order valence-corrected chi connectivity index (χ0v) is 14.2. The van der Waals surface area contributed by atoms with Gasteiger partial charge in [0.25, 0.3) is 5.91 Å². The summed E-state index contributed by atoms with van der Waals surface area (Å²) in [5.41, 5.74) is 3.52. The number of nitrogens with zero attached hydrogens (tertiary/aromatic N) is 1. The first kappa shape index (κ1) is 16.2. The molecule has 0 radical (unpaired) electrons. The Morgan fingerprint density at radius 2 is 1.90 bits per heavy atom. The van der Waals surface area contributed by atoms with E-state index in [-0.39, 0.29) is 17.3 Å². The number of carbonyl (C=O) groups excluding carboxylic acids is 1. The fourth-order valence-electron chi connectivity index (χ4n) is 2.82. The van der Waals surface area contributed by atoms with Crippen LogP contribution in [0.3, 0.4) is 0 Å². The highest BCUT2D eigenvalue weighted by atomic mass is 32.2. The molecule has 2 atom stereocenters. The third kappa shape index (κ3) is 3.52. The SMILES string of the molecule is CCSC1C(C)=C(C)C(=O)N1C(C)CCc1ccccc1. The Morgan fingerprint density at radius 3 is 2.52 bits per heavy atom. The molecule has 1 heterocycles. The summed E-state index contributed by atoms with van der Waals surface area (Å²) in [7, 11) is 0. The molecule has 0 fully saturated rings. The van der Waals surface area contributed by atoms with Crippen LogP contribution < -0.4 is 0 Å². The smallest absolute Gasteiger partial charge is 0.250 e. The summed E-state index contributed by atoms with van der Waals surface area (Å²) in [6, 6.07) is 10.8. The Labute approximate surface area is 132 Å². The van der Waals surface area contributed by atoms with Crippen molar-refractivity contribution in [3.8, 4) is 0 Å². The average Bonchev–Trinajstić information content (AvgIpc) is 2.71. The summed E-state index contributed by atoms with van der Waals surface area (Å²) in [6.07, 6.45) is 2.03. The molecule has 1 aromatic rings. The highest BCUT2D eigenvalue weighted by molar-refractivity contribution is 8.00. The quantitative estimate of drug-likeness (QED) is 0.782. The number of hydrogen-bond acceptors (Lipinski definition) is 2. The first-order valence-electron chi connectivity index (χ1n) is 7.71. The fraction of sp³-hybridized carbons (Fsp3) is 0.500. The van der Waals surface area contributed by atoms with E-state index < -0.39 is 0 Å². The van der Waals surface area contributed by atoms with Crippen molar-refractivity contribution >= 4 is 17.7 Å². The molecule has 3 heteroatoms. The molecular formula is C18H25NOS. The molecule has 21 heavy (non-hydrogen) atoms. The summed E-state index contributed by atoms with van der Waals surface area (Å²) in [6.45, 7) is 8.40. The molecule has 1 aliphatic heterocycles. The van der Waals surface area contributed by atoms with Crippen molar-refractivity contribution in [3.63, 3.8) is 0 Å². The second-order valence-electron chi connectivity index (χ2n) is 5.70. The standard InChI is InChI=1S/C18H25NOS/c1-5-21-18-15(4)14(3)17(20)19(18)13(2)11-12-16-9-7-6-8-10-16/h6-10,13,18H,5,11-12H2,1-4H3. The molecule has 0 aliphatic carbocycles. The lowest BCUT2D eigenvalue weighted by Crippen LogP contribution is -2.41. The molecule has 1 aromatic carbocycles. The Hall–Kier alpha value is -1.22. The van der Waals surface area contributed by atoms with Crippen molar-refractivity contribution < 1.29 is 4.79 Å². The molecule has 2 rings (SSSR count). The molecule has 1 amide bonds. The van der Waals surface area contributed by atoms with Crippen molar-refractivity contribution in [3.05, 3.63) is 47.0 Å². The molecule has 0 aromatic heterocycles. The van der Waals surface area contributed by atoms with Gasteiger partial charge in [-0.3, -0.25) is 4.79 Å². The minimum atomic E-state index is 0.221. The molecule has 0 saturated heterocycles. The first-order valence-corrected chi connectivity index (χ1v) is 8.76. The van der Waals surface area contributed by atoms with Gasteiger partial charge < -0.3 is 4.90 Å². The maximum absolute atomic E-state index is 12.5. The lowest BCUT2D eigenvalue weighted by Gasteiger charge is -2.32. The summed E-state index contributed by atoms with van der Waals surface area (Å²) in [4.78, 5) is 14.6. The van der Waals surface area contributed by atoms with Gasteiger partial charge in [0.05, 0.1) is 0 Å². The highest BCUT2D eigenvalue weighted by Gasteiger charge is 2.37. The van der Waals surface area contributed by atoms with E-state index in [1.165, 1.54) is 11.1 Å². The highest BCUT2D eigenvalue weighted by Crippen LogP contribution is 2.35. The van der Waals surface area contributed by atoms with E-state index in [4.69, 9.17) is 0 Å². The van der Waals surface area contributed by atoms with E-state index in [2.05, 4.69) is 49.9 Å². The van der Waals surface area contributed by atoms with E-state index in [0.29, 0.717) is 0 Å². The van der Waals surface area contributed by atoms with Gasteiger partial charge in [-0.15, -0.1) is 11.8 Å². The number of carbonyl (C=O) groups is 1. The van der Waals surface area contributed by atoms with Crippen LogP contribution in [0.5, 0.6) is 0 Å². The van der Waals surface area contributed by atoms with Crippen LogP contribution >= 0.6 is 11.8 Å². The van der Waals surface area contributed by atoms with Gasteiger partial charge in [-0.1, -0.05) is 37.3 Å². The Bertz CT molecular complexity index is 523. The van der Waals surface area contributed by atoms with E-state index in [0.717, 1.165) is 24.2 Å². The second-order valence-corrected chi connectivity index (χ2v) is 7.06. The minimum Gasteiger partial charge on any atom is -0.320 e. The lowest BCUT2D eigenvalue weighted by molar-refractivity contribution is -0.127. The molecule has 0 N–H and O–H groups in total. The molecule has 0 saturated carbocycles. The zero-order chi connectivity index (χ0) is 15.4. The molecular weight excluding hydrogens is 278 g/mol. The Morgan fingerprint density at radius 1 is 1.24 bits per heavy atom. The van der Waals surface area contributed by atoms with Gasteiger partial charge in [0, 0.05) is 11.6 Å². The molecule has 0 spiro atoms. The van der Waals surface area contributed by atoms with Crippen LogP contribution in [0.25, 0.3) is 0 Å². The van der Waals surface area contributed by atoms with Gasteiger partial charge in [-0.2, -0.15) is 0 Å². The number of benzene rings is 1. The maximum atomic E-state index is 12.5. The van der Waals surface area contributed by atoms with E-state index >= 15 is 0 Å². The van der Waals surface area contributed by atoms with Gasteiger partial charge in [0.1, 0.15) is 5.37 Å². The number of rotatable bonds is 6. The van der Waals surface area contributed by atoms with Gasteiger partial charge in [0.2, 0.25) is 0 Å². The summed E-state index contributed by atoms with van der Waals surface area (Å²) >= 11 is 1.86. The van der Waals surface area contributed by atoms with Crippen LogP contribution in [0.15, 0.2) is 41.5 Å².